The van der Waals surface area contributed by atoms with E-state index in [1.54, 1.807) is 12.1 Å². The van der Waals surface area contributed by atoms with Crippen molar-refractivity contribution >= 4 is 22.8 Å². The molecule has 0 N–H and O–H groups in total. The van der Waals surface area contributed by atoms with Gasteiger partial charge in [0.25, 0.3) is 5.56 Å². The molecule has 0 atom stereocenters. The first-order chi connectivity index (χ1) is 13.6. The van der Waals surface area contributed by atoms with Crippen molar-refractivity contribution in [1.82, 2.24) is 24.5 Å². The van der Waals surface area contributed by atoms with Crippen LogP contribution >= 0.6 is 11.6 Å². The van der Waals surface area contributed by atoms with Crippen LogP contribution in [0.15, 0.2) is 53.6 Å². The summed E-state index contributed by atoms with van der Waals surface area (Å²) in [5, 5.41) is 8.60. The Hall–Kier alpha value is -3.26. The van der Waals surface area contributed by atoms with E-state index in [1.807, 2.05) is 18.2 Å². The van der Waals surface area contributed by atoms with E-state index in [0.717, 1.165) is 5.56 Å². The number of nitrogens with zero attached hydrogens (tertiary/aromatic N) is 5. The fraction of sp³-hybridized carbons (Fsp3) is 0.158. The van der Waals surface area contributed by atoms with E-state index in [9.17, 15) is 9.18 Å². The van der Waals surface area contributed by atoms with Crippen LogP contribution < -0.4 is 10.3 Å². The van der Waals surface area contributed by atoms with Gasteiger partial charge in [-0.15, -0.1) is 5.10 Å². The third kappa shape index (κ3) is 3.34. The van der Waals surface area contributed by atoms with E-state index in [0.29, 0.717) is 22.8 Å². The smallest absolute Gasteiger partial charge is 0.283 e. The highest BCUT2D eigenvalue weighted by atomic mass is 35.5. The van der Waals surface area contributed by atoms with E-state index in [1.165, 1.54) is 34.8 Å². The number of methoxy groups -OCH3 is 1. The van der Waals surface area contributed by atoms with Crippen molar-refractivity contribution in [2.45, 2.75) is 13.1 Å². The lowest BCUT2D eigenvalue weighted by Gasteiger charge is -2.08. The molecule has 142 valence electrons. The van der Waals surface area contributed by atoms with E-state index in [-0.39, 0.29) is 23.4 Å². The summed E-state index contributed by atoms with van der Waals surface area (Å²) in [6, 6.07) is 11.9. The Labute approximate surface area is 164 Å². The highest BCUT2D eigenvalue weighted by Crippen LogP contribution is 2.19. The molecule has 0 radical (unpaired) electrons. The van der Waals surface area contributed by atoms with Crippen molar-refractivity contribution in [2.75, 3.05) is 7.11 Å². The lowest BCUT2D eigenvalue weighted by molar-refractivity contribution is 0.386. The van der Waals surface area contributed by atoms with Crippen LogP contribution in [0.1, 0.15) is 11.1 Å². The number of ether oxygens (including phenoxy) is 1. The van der Waals surface area contributed by atoms with Crippen LogP contribution in [0.4, 0.5) is 4.39 Å². The number of hydrogen-bond donors (Lipinski definition) is 0. The molecule has 0 unspecified atom stereocenters. The molecule has 2 aromatic heterocycles. The van der Waals surface area contributed by atoms with E-state index < -0.39 is 5.82 Å². The third-order valence-corrected chi connectivity index (χ3v) is 4.71. The molecular weight excluding hydrogens is 385 g/mol. The van der Waals surface area contributed by atoms with Gasteiger partial charge in [0.2, 0.25) is 0 Å². The maximum atomic E-state index is 13.9. The Bertz CT molecular complexity index is 1220. The van der Waals surface area contributed by atoms with Gasteiger partial charge < -0.3 is 4.74 Å². The van der Waals surface area contributed by atoms with Gasteiger partial charge in [0.05, 0.1) is 20.2 Å². The van der Waals surface area contributed by atoms with Gasteiger partial charge in [-0.2, -0.15) is 0 Å². The first-order valence-electron chi connectivity index (χ1n) is 8.41. The number of benzene rings is 2. The molecule has 4 rings (SSSR count). The summed E-state index contributed by atoms with van der Waals surface area (Å²) >= 11 is 6.19. The average molecular weight is 400 g/mol. The first kappa shape index (κ1) is 18.1. The van der Waals surface area contributed by atoms with Crippen LogP contribution in [0.25, 0.3) is 11.2 Å². The maximum Gasteiger partial charge on any atom is 0.283 e. The summed E-state index contributed by atoms with van der Waals surface area (Å²) < 4.78 is 21.7. The summed E-state index contributed by atoms with van der Waals surface area (Å²) in [6.07, 6.45) is 1.40. The lowest BCUT2D eigenvalue weighted by atomic mass is 10.2. The van der Waals surface area contributed by atoms with E-state index >= 15 is 0 Å². The van der Waals surface area contributed by atoms with E-state index in [4.69, 9.17) is 16.3 Å². The number of aromatic nitrogens is 5. The van der Waals surface area contributed by atoms with Crippen LogP contribution in [0, 0.1) is 5.82 Å². The minimum atomic E-state index is -0.493. The van der Waals surface area contributed by atoms with Crippen molar-refractivity contribution in [2.24, 2.45) is 0 Å². The Morgan fingerprint density at radius 2 is 2.00 bits per heavy atom. The molecule has 7 nitrogen and oxygen atoms in total. The van der Waals surface area contributed by atoms with Crippen molar-refractivity contribution in [1.29, 1.82) is 0 Å². The minimum absolute atomic E-state index is 0.142. The normalized spacial score (nSPS) is 11.1. The first-order valence-corrected chi connectivity index (χ1v) is 8.79. The van der Waals surface area contributed by atoms with Gasteiger partial charge in [-0.25, -0.2) is 14.1 Å². The summed E-state index contributed by atoms with van der Waals surface area (Å²) in [5.74, 6) is -0.347. The quantitative estimate of drug-likeness (QED) is 0.516. The topological polar surface area (TPSA) is 74.8 Å². The molecule has 9 heteroatoms. The molecule has 2 heterocycles. The second-order valence-electron chi connectivity index (χ2n) is 6.16. The van der Waals surface area contributed by atoms with Gasteiger partial charge in [0, 0.05) is 5.02 Å². The van der Waals surface area contributed by atoms with Crippen molar-refractivity contribution in [3.8, 4) is 5.75 Å². The molecule has 2 aromatic carbocycles. The van der Waals surface area contributed by atoms with Crippen molar-refractivity contribution < 1.29 is 9.13 Å². The molecule has 0 aliphatic heterocycles. The number of halogens is 2. The zero-order valence-corrected chi connectivity index (χ0v) is 15.6. The summed E-state index contributed by atoms with van der Waals surface area (Å²) in [6.45, 7) is 0.496. The number of hydrogen-bond acceptors (Lipinski definition) is 5. The van der Waals surface area contributed by atoms with Crippen LogP contribution in [-0.2, 0) is 13.1 Å². The van der Waals surface area contributed by atoms with Crippen molar-refractivity contribution in [3.63, 3.8) is 0 Å². The molecule has 4 aromatic rings. The van der Waals surface area contributed by atoms with E-state index in [2.05, 4.69) is 15.3 Å². The van der Waals surface area contributed by atoms with Gasteiger partial charge >= 0.3 is 0 Å². The number of rotatable bonds is 5. The van der Waals surface area contributed by atoms with Gasteiger partial charge in [0.15, 0.2) is 22.7 Å². The zero-order valence-electron chi connectivity index (χ0n) is 14.8. The fourth-order valence-corrected chi connectivity index (χ4v) is 3.09. The van der Waals surface area contributed by atoms with Gasteiger partial charge in [-0.3, -0.25) is 9.36 Å². The number of fused-ring (bicyclic) bond motifs is 1. The highest BCUT2D eigenvalue weighted by Gasteiger charge is 2.14. The molecule has 0 saturated carbocycles. The largest absolute Gasteiger partial charge is 0.494 e. The molecule has 28 heavy (non-hydrogen) atoms. The monoisotopic (exact) mass is 399 g/mol. The van der Waals surface area contributed by atoms with Crippen LogP contribution in [0.3, 0.4) is 0 Å². The second-order valence-corrected chi connectivity index (χ2v) is 6.56. The molecule has 0 bridgehead atoms. The van der Waals surface area contributed by atoms with Crippen molar-refractivity contribution in [3.05, 3.63) is 81.1 Å². The van der Waals surface area contributed by atoms with Crippen LogP contribution in [0.5, 0.6) is 5.75 Å². The SMILES string of the molecule is COc1ccc(Cn2cnc3c(nnn3Cc3ccccc3Cl)c2=O)cc1F. The Balaban J connectivity index is 1.66. The Morgan fingerprint density at radius 1 is 1.18 bits per heavy atom. The van der Waals surface area contributed by atoms with Crippen LogP contribution in [0.2, 0.25) is 5.02 Å². The van der Waals surface area contributed by atoms with Crippen LogP contribution in [-0.4, -0.2) is 31.7 Å². The van der Waals surface area contributed by atoms with Gasteiger partial charge in [0.1, 0.15) is 6.33 Å². The molecule has 0 aliphatic carbocycles. The molecule has 0 amide bonds. The lowest BCUT2D eigenvalue weighted by Crippen LogP contribution is -2.21. The molecule has 0 spiro atoms. The summed E-state index contributed by atoms with van der Waals surface area (Å²) in [7, 11) is 1.40. The molecule has 0 aliphatic rings. The zero-order chi connectivity index (χ0) is 19.7. The fourth-order valence-electron chi connectivity index (χ4n) is 2.90. The minimum Gasteiger partial charge on any atom is -0.494 e. The Morgan fingerprint density at radius 3 is 2.75 bits per heavy atom. The maximum absolute atomic E-state index is 13.9. The Kier molecular flexibility index (Phi) is 4.79. The average Bonchev–Trinajstić information content (AvgIpc) is 3.10. The molecule has 0 fully saturated rings. The van der Waals surface area contributed by atoms with Gasteiger partial charge in [-0.1, -0.05) is 41.1 Å². The summed E-state index contributed by atoms with van der Waals surface area (Å²) in [4.78, 5) is 17.1. The predicted octanol–water partition coefficient (Wildman–Crippen LogP) is 2.89. The highest BCUT2D eigenvalue weighted by molar-refractivity contribution is 6.31. The second kappa shape index (κ2) is 7.40. The molecule has 0 saturated heterocycles. The predicted molar refractivity (Wildman–Crippen MR) is 102 cm³/mol. The molecular formula is C19H15ClFN5O2. The standard InChI is InChI=1S/C19H15ClFN5O2/c1-28-16-7-6-12(8-15(16)21)9-25-11-22-18-17(19(25)27)23-24-26(18)10-13-4-2-3-5-14(13)20/h2-8,11H,9-10H2,1H3. The third-order valence-electron chi connectivity index (χ3n) is 4.34. The van der Waals surface area contributed by atoms with Gasteiger partial charge in [-0.05, 0) is 29.3 Å². The summed E-state index contributed by atoms with van der Waals surface area (Å²) in [5.41, 5.74) is 1.60.